The summed E-state index contributed by atoms with van der Waals surface area (Å²) >= 11 is 5.50. The lowest BCUT2D eigenvalue weighted by Gasteiger charge is -1.87. The molecule has 3 heteroatoms. The number of hydrogen-bond donors (Lipinski definition) is 0. The summed E-state index contributed by atoms with van der Waals surface area (Å²) in [6, 6.07) is 3.79. The molecule has 0 atom stereocenters. The standard InChI is InChI=1S/C6H6ClN.ClH/c7-5-6-1-3-8-4-2-6;/h1-4H,5H2;1H. The molecule has 0 aliphatic rings. The third-order valence-electron chi connectivity index (χ3n) is 0.904. The summed E-state index contributed by atoms with van der Waals surface area (Å²) in [4.78, 5) is 3.83. The molecule has 1 heterocycles. The van der Waals surface area contributed by atoms with Crippen molar-refractivity contribution >= 4 is 24.0 Å². The van der Waals surface area contributed by atoms with Gasteiger partial charge in [-0.3, -0.25) is 4.98 Å². The van der Waals surface area contributed by atoms with E-state index in [9.17, 15) is 0 Å². The fraction of sp³-hybridized carbons (Fsp3) is 0.167. The largest absolute Gasteiger partial charge is 0.265 e. The van der Waals surface area contributed by atoms with E-state index in [1.807, 2.05) is 12.1 Å². The van der Waals surface area contributed by atoms with Crippen LogP contribution in [0.3, 0.4) is 0 Å². The molecule has 1 nitrogen and oxygen atoms in total. The molecule has 0 bridgehead atoms. The van der Waals surface area contributed by atoms with Crippen LogP contribution < -0.4 is 0 Å². The number of rotatable bonds is 1. The molecule has 1 aromatic heterocycles. The van der Waals surface area contributed by atoms with E-state index in [1.165, 1.54) is 0 Å². The molecule has 0 fully saturated rings. The first-order valence-corrected chi connectivity index (χ1v) is 2.92. The van der Waals surface area contributed by atoms with E-state index in [-0.39, 0.29) is 12.4 Å². The van der Waals surface area contributed by atoms with Crippen LogP contribution in [-0.2, 0) is 5.88 Å². The van der Waals surface area contributed by atoms with Gasteiger partial charge in [0.15, 0.2) is 0 Å². The van der Waals surface area contributed by atoms with Gasteiger partial charge in [0.2, 0.25) is 0 Å². The molecule has 0 N–H and O–H groups in total. The minimum Gasteiger partial charge on any atom is -0.265 e. The van der Waals surface area contributed by atoms with Gasteiger partial charge in [0.25, 0.3) is 0 Å². The van der Waals surface area contributed by atoms with E-state index in [0.29, 0.717) is 5.88 Å². The molecule has 1 rings (SSSR count). The summed E-state index contributed by atoms with van der Waals surface area (Å²) in [5, 5.41) is 0. The molecule has 0 saturated heterocycles. The second-order valence-electron chi connectivity index (χ2n) is 1.49. The fourth-order valence-corrected chi connectivity index (χ4v) is 0.650. The Morgan fingerprint density at radius 1 is 1.33 bits per heavy atom. The van der Waals surface area contributed by atoms with Crippen LogP contribution in [0.4, 0.5) is 0 Å². The fourth-order valence-electron chi connectivity index (χ4n) is 0.472. The Hall–Kier alpha value is -0.270. The first-order valence-electron chi connectivity index (χ1n) is 2.38. The third-order valence-corrected chi connectivity index (χ3v) is 1.21. The summed E-state index contributed by atoms with van der Waals surface area (Å²) in [5.74, 6) is 0.572. The van der Waals surface area contributed by atoms with Crippen molar-refractivity contribution in [3.8, 4) is 0 Å². The average molecular weight is 164 g/mol. The highest BCUT2D eigenvalue weighted by molar-refractivity contribution is 6.17. The maximum Gasteiger partial charge on any atom is 0.0475 e. The number of halogens is 2. The molecule has 0 saturated carbocycles. The lowest BCUT2D eigenvalue weighted by Crippen LogP contribution is -1.74. The van der Waals surface area contributed by atoms with Gasteiger partial charge in [-0.1, -0.05) is 0 Å². The number of pyridine rings is 1. The summed E-state index contributed by atoms with van der Waals surface area (Å²) < 4.78 is 0. The van der Waals surface area contributed by atoms with Crippen molar-refractivity contribution in [2.75, 3.05) is 0 Å². The zero-order valence-electron chi connectivity index (χ0n) is 4.75. The van der Waals surface area contributed by atoms with Gasteiger partial charge in [0, 0.05) is 18.3 Å². The van der Waals surface area contributed by atoms with Crippen molar-refractivity contribution in [3.05, 3.63) is 30.1 Å². The first-order chi connectivity index (χ1) is 3.93. The van der Waals surface area contributed by atoms with Crippen LogP contribution in [0, 0.1) is 0 Å². The molecule has 0 spiro atoms. The molecule has 0 unspecified atom stereocenters. The normalized spacial score (nSPS) is 8.11. The van der Waals surface area contributed by atoms with E-state index in [4.69, 9.17) is 11.6 Å². The zero-order chi connectivity index (χ0) is 5.82. The molecule has 0 aliphatic carbocycles. The van der Waals surface area contributed by atoms with Crippen LogP contribution in [0.1, 0.15) is 5.56 Å². The molecule has 0 aliphatic heterocycles. The van der Waals surface area contributed by atoms with Crippen molar-refractivity contribution in [1.82, 2.24) is 4.98 Å². The van der Waals surface area contributed by atoms with Gasteiger partial charge < -0.3 is 0 Å². The van der Waals surface area contributed by atoms with E-state index in [1.54, 1.807) is 12.4 Å². The van der Waals surface area contributed by atoms with Crippen LogP contribution >= 0.6 is 24.0 Å². The molecule has 0 radical (unpaired) electrons. The van der Waals surface area contributed by atoms with Crippen LogP contribution in [-0.4, -0.2) is 4.98 Å². The molecule has 0 amide bonds. The van der Waals surface area contributed by atoms with E-state index >= 15 is 0 Å². The SMILES string of the molecule is Cl.ClCc1ccncc1. The maximum absolute atomic E-state index is 5.50. The van der Waals surface area contributed by atoms with E-state index in [2.05, 4.69) is 4.98 Å². The molecule has 0 aromatic carbocycles. The molecular weight excluding hydrogens is 157 g/mol. The Bertz CT molecular complexity index is 152. The summed E-state index contributed by atoms with van der Waals surface area (Å²) in [6.45, 7) is 0. The Morgan fingerprint density at radius 3 is 2.22 bits per heavy atom. The van der Waals surface area contributed by atoms with Gasteiger partial charge in [-0.05, 0) is 17.7 Å². The highest BCUT2D eigenvalue weighted by Gasteiger charge is 1.82. The summed E-state index contributed by atoms with van der Waals surface area (Å²) in [5.41, 5.74) is 1.11. The van der Waals surface area contributed by atoms with Crippen LogP contribution in [0.15, 0.2) is 24.5 Å². The first kappa shape index (κ1) is 8.73. The number of hydrogen-bond acceptors (Lipinski definition) is 1. The van der Waals surface area contributed by atoms with Crippen LogP contribution in [0.5, 0.6) is 0 Å². The smallest absolute Gasteiger partial charge is 0.0475 e. The average Bonchev–Trinajstić information content (AvgIpc) is 1.90. The van der Waals surface area contributed by atoms with Gasteiger partial charge in [0.05, 0.1) is 0 Å². The third kappa shape index (κ3) is 2.68. The molecule has 50 valence electrons. The second-order valence-corrected chi connectivity index (χ2v) is 1.76. The Kier molecular flexibility index (Phi) is 4.46. The predicted octanol–water partition coefficient (Wildman–Crippen LogP) is 2.24. The van der Waals surface area contributed by atoms with Gasteiger partial charge in [0.1, 0.15) is 0 Å². The minimum absolute atomic E-state index is 0. The van der Waals surface area contributed by atoms with Crippen molar-refractivity contribution < 1.29 is 0 Å². The Balaban J connectivity index is 0.000000640. The van der Waals surface area contributed by atoms with Crippen LogP contribution in [0.2, 0.25) is 0 Å². The van der Waals surface area contributed by atoms with Crippen molar-refractivity contribution in [2.45, 2.75) is 5.88 Å². The van der Waals surface area contributed by atoms with E-state index in [0.717, 1.165) is 5.56 Å². The molecule has 9 heavy (non-hydrogen) atoms. The van der Waals surface area contributed by atoms with Crippen molar-refractivity contribution in [3.63, 3.8) is 0 Å². The monoisotopic (exact) mass is 163 g/mol. The van der Waals surface area contributed by atoms with Crippen LogP contribution in [0.25, 0.3) is 0 Å². The van der Waals surface area contributed by atoms with Crippen molar-refractivity contribution in [2.24, 2.45) is 0 Å². The van der Waals surface area contributed by atoms with Crippen molar-refractivity contribution in [1.29, 1.82) is 0 Å². The topological polar surface area (TPSA) is 12.9 Å². The number of aromatic nitrogens is 1. The van der Waals surface area contributed by atoms with Gasteiger partial charge in [-0.25, -0.2) is 0 Å². The highest BCUT2D eigenvalue weighted by atomic mass is 35.5. The zero-order valence-corrected chi connectivity index (χ0v) is 6.32. The van der Waals surface area contributed by atoms with Gasteiger partial charge in [-0.2, -0.15) is 0 Å². The number of alkyl halides is 1. The Morgan fingerprint density at radius 2 is 1.89 bits per heavy atom. The number of nitrogens with zero attached hydrogens (tertiary/aromatic N) is 1. The highest BCUT2D eigenvalue weighted by Crippen LogP contribution is 1.98. The Labute approximate surface area is 65.5 Å². The second kappa shape index (κ2) is 4.59. The summed E-state index contributed by atoms with van der Waals surface area (Å²) in [7, 11) is 0. The minimum atomic E-state index is 0. The van der Waals surface area contributed by atoms with E-state index < -0.39 is 0 Å². The lowest BCUT2D eigenvalue weighted by atomic mass is 10.3. The predicted molar refractivity (Wildman–Crippen MR) is 41.0 cm³/mol. The lowest BCUT2D eigenvalue weighted by molar-refractivity contribution is 1.27. The quantitative estimate of drug-likeness (QED) is 0.580. The maximum atomic E-state index is 5.50. The van der Waals surface area contributed by atoms with Gasteiger partial charge in [-0.15, -0.1) is 24.0 Å². The van der Waals surface area contributed by atoms with Gasteiger partial charge >= 0.3 is 0 Å². The molecule has 1 aromatic rings. The summed E-state index contributed by atoms with van der Waals surface area (Å²) in [6.07, 6.45) is 3.47. The molecular formula is C6H7Cl2N.